The number of nitrogens with zero attached hydrogens (tertiary/aromatic N) is 2. The van der Waals surface area contributed by atoms with E-state index in [0.717, 1.165) is 5.56 Å². The van der Waals surface area contributed by atoms with Gasteiger partial charge in [0, 0.05) is 34.8 Å². The van der Waals surface area contributed by atoms with Gasteiger partial charge in [-0.25, -0.2) is 17.6 Å². The number of halogens is 1. The maximum Gasteiger partial charge on any atom is 0.339 e. The summed E-state index contributed by atoms with van der Waals surface area (Å²) in [6.45, 7) is 0.162. The highest BCUT2D eigenvalue weighted by Gasteiger charge is 2.28. The summed E-state index contributed by atoms with van der Waals surface area (Å²) in [6.07, 6.45) is 3.76. The van der Waals surface area contributed by atoms with E-state index in [1.807, 2.05) is 16.8 Å². The molecule has 0 radical (unpaired) electrons. The van der Waals surface area contributed by atoms with Crippen LogP contribution in [0.25, 0.3) is 0 Å². The van der Waals surface area contributed by atoms with Crippen molar-refractivity contribution in [2.45, 2.75) is 19.5 Å². The summed E-state index contributed by atoms with van der Waals surface area (Å²) in [6, 6.07) is 4.49. The third kappa shape index (κ3) is 4.18. The number of fused-ring (bicyclic) bond motifs is 2. The number of rotatable bonds is 4. The Morgan fingerprint density at radius 2 is 2.22 bits per heavy atom. The van der Waals surface area contributed by atoms with Crippen LogP contribution in [0.3, 0.4) is 0 Å². The van der Waals surface area contributed by atoms with E-state index in [-0.39, 0.29) is 36.9 Å². The van der Waals surface area contributed by atoms with Crippen molar-refractivity contribution < 1.29 is 31.8 Å². The van der Waals surface area contributed by atoms with Gasteiger partial charge in [-0.15, -0.1) is 4.40 Å². The van der Waals surface area contributed by atoms with Crippen molar-refractivity contribution in [2.75, 3.05) is 12.3 Å². The minimum atomic E-state index is -3.48. The van der Waals surface area contributed by atoms with Crippen LogP contribution < -0.4 is 4.74 Å². The third-order valence-electron chi connectivity index (χ3n) is 5.06. The molecule has 1 atom stereocenters. The zero-order valence-corrected chi connectivity index (χ0v) is 18.2. The summed E-state index contributed by atoms with van der Waals surface area (Å²) in [5, 5.41) is 3.81. The monoisotopic (exact) mass is 476 g/mol. The number of thiophene rings is 1. The summed E-state index contributed by atoms with van der Waals surface area (Å²) in [7, 11) is -3.48. The van der Waals surface area contributed by atoms with Crippen LogP contribution in [0.1, 0.15) is 23.0 Å². The first kappa shape index (κ1) is 20.9. The van der Waals surface area contributed by atoms with Crippen LogP contribution in [0.2, 0.25) is 0 Å². The van der Waals surface area contributed by atoms with Crippen LogP contribution in [0.5, 0.6) is 5.75 Å². The number of sulfonamides is 1. The van der Waals surface area contributed by atoms with E-state index in [0.29, 0.717) is 16.9 Å². The molecule has 2 aromatic rings. The van der Waals surface area contributed by atoms with Crippen LogP contribution >= 0.6 is 11.3 Å². The van der Waals surface area contributed by atoms with Gasteiger partial charge in [-0.2, -0.15) is 11.3 Å². The molecule has 0 saturated heterocycles. The van der Waals surface area contributed by atoms with Crippen LogP contribution in [-0.4, -0.2) is 37.4 Å². The molecule has 0 aliphatic carbocycles. The van der Waals surface area contributed by atoms with Crippen molar-refractivity contribution in [3.05, 3.63) is 75.4 Å². The molecule has 0 saturated carbocycles. The second-order valence-corrected chi connectivity index (χ2v) is 9.83. The first-order chi connectivity index (χ1) is 15.4. The van der Waals surface area contributed by atoms with E-state index in [9.17, 15) is 17.6 Å². The van der Waals surface area contributed by atoms with Gasteiger partial charge >= 0.3 is 5.97 Å². The molecule has 0 bridgehead atoms. The molecule has 3 aliphatic rings. The van der Waals surface area contributed by atoms with Gasteiger partial charge < -0.3 is 19.1 Å². The summed E-state index contributed by atoms with van der Waals surface area (Å²) < 4.78 is 58.0. The Kier molecular flexibility index (Phi) is 5.31. The minimum Gasteiger partial charge on any atom is -0.460 e. The van der Waals surface area contributed by atoms with E-state index in [1.165, 1.54) is 41.8 Å². The van der Waals surface area contributed by atoms with Gasteiger partial charge in [0.1, 0.15) is 24.0 Å². The lowest BCUT2D eigenvalue weighted by Crippen LogP contribution is -2.37. The maximum atomic E-state index is 14.1. The third-order valence-corrected chi connectivity index (χ3v) is 6.92. The van der Waals surface area contributed by atoms with E-state index in [1.54, 1.807) is 4.90 Å². The molecule has 1 aromatic carbocycles. The first-order valence-corrected chi connectivity index (χ1v) is 12.2. The van der Waals surface area contributed by atoms with Gasteiger partial charge in [-0.3, -0.25) is 0 Å². The second-order valence-electron chi connectivity index (χ2n) is 7.29. The number of carbonyl (C=O) groups is 1. The molecule has 166 valence electrons. The number of amidine groups is 1. The Morgan fingerprint density at radius 1 is 1.34 bits per heavy atom. The van der Waals surface area contributed by atoms with Gasteiger partial charge in [0.05, 0.1) is 17.9 Å². The molecule has 4 heterocycles. The van der Waals surface area contributed by atoms with Crippen LogP contribution in [0.4, 0.5) is 4.39 Å². The molecule has 5 rings (SSSR count). The predicted molar refractivity (Wildman–Crippen MR) is 114 cm³/mol. The van der Waals surface area contributed by atoms with E-state index < -0.39 is 28.1 Å². The smallest absolute Gasteiger partial charge is 0.339 e. The van der Waals surface area contributed by atoms with Gasteiger partial charge in [-0.1, -0.05) is 0 Å². The standard InChI is InChI=1S/C21H17FN2O6S2/c22-17-7-15(19-16(8-17)11-29-21(30-19)14-3-5-31-12-14)10-28-20(25)13-1-2-18-23-32(26,27)6-4-24(18)9-13/h1-3,5,7-9,12,21H,4,6,10-11H2/t21-/m0/s1. The minimum absolute atomic E-state index is 0.136. The average Bonchev–Trinajstić information content (AvgIpc) is 3.31. The van der Waals surface area contributed by atoms with Gasteiger partial charge in [0.2, 0.25) is 6.29 Å². The van der Waals surface area contributed by atoms with Crippen LogP contribution in [-0.2, 0) is 37.5 Å². The topological polar surface area (TPSA) is 94.5 Å². The number of benzene rings is 1. The molecule has 8 nitrogen and oxygen atoms in total. The fourth-order valence-corrected chi connectivity index (χ4v) is 5.14. The largest absolute Gasteiger partial charge is 0.460 e. The summed E-state index contributed by atoms with van der Waals surface area (Å²) in [4.78, 5) is 14.2. The highest BCUT2D eigenvalue weighted by molar-refractivity contribution is 7.90. The molecule has 0 amide bonds. The van der Waals surface area contributed by atoms with Crippen molar-refractivity contribution in [1.82, 2.24) is 4.90 Å². The Hall–Kier alpha value is -3.02. The normalized spacial score (nSPS) is 21.0. The molecular formula is C21H17FN2O6S2. The van der Waals surface area contributed by atoms with Crippen LogP contribution in [0.15, 0.2) is 57.3 Å². The van der Waals surface area contributed by atoms with E-state index in [2.05, 4.69) is 4.40 Å². The van der Waals surface area contributed by atoms with Crippen molar-refractivity contribution >= 4 is 33.2 Å². The molecule has 11 heteroatoms. The SMILES string of the molecule is O=C(OCc1cc(F)cc2c1O[C@@H](c1ccsc1)OC2)C1=CN2CCS(=O)(=O)N=C2C=C1. The van der Waals surface area contributed by atoms with Crippen molar-refractivity contribution in [3.63, 3.8) is 0 Å². The van der Waals surface area contributed by atoms with E-state index >= 15 is 0 Å². The molecule has 1 aromatic heterocycles. The highest BCUT2D eigenvalue weighted by atomic mass is 32.2. The molecule has 3 aliphatic heterocycles. The van der Waals surface area contributed by atoms with Crippen molar-refractivity contribution in [2.24, 2.45) is 4.40 Å². The van der Waals surface area contributed by atoms with E-state index in [4.69, 9.17) is 14.2 Å². The number of hydrogen-bond donors (Lipinski definition) is 0. The first-order valence-electron chi connectivity index (χ1n) is 9.66. The Morgan fingerprint density at radius 3 is 3.03 bits per heavy atom. The number of esters is 1. The predicted octanol–water partition coefficient (Wildman–Crippen LogP) is 3.04. The average molecular weight is 477 g/mol. The van der Waals surface area contributed by atoms with Gasteiger partial charge in [0.25, 0.3) is 10.0 Å². The summed E-state index contributed by atoms with van der Waals surface area (Å²) >= 11 is 1.51. The lowest BCUT2D eigenvalue weighted by molar-refractivity contribution is -0.140. The number of carbonyl (C=O) groups excluding carboxylic acids is 1. The highest BCUT2D eigenvalue weighted by Crippen LogP contribution is 2.37. The summed E-state index contributed by atoms with van der Waals surface area (Å²) in [5.41, 5.74) is 2.01. The van der Waals surface area contributed by atoms with Crippen molar-refractivity contribution in [3.8, 4) is 5.75 Å². The van der Waals surface area contributed by atoms with Crippen molar-refractivity contribution in [1.29, 1.82) is 0 Å². The molecule has 0 unspecified atom stereocenters. The van der Waals surface area contributed by atoms with Gasteiger partial charge in [0.15, 0.2) is 0 Å². The Balaban J connectivity index is 1.32. The fraction of sp³-hybridized carbons (Fsp3) is 0.238. The fourth-order valence-electron chi connectivity index (χ4n) is 3.51. The molecule has 0 spiro atoms. The molecule has 0 N–H and O–H groups in total. The second kappa shape index (κ2) is 8.15. The maximum absolute atomic E-state index is 14.1. The lowest BCUT2D eigenvalue weighted by Gasteiger charge is -2.28. The van der Waals surface area contributed by atoms with Crippen LogP contribution in [0, 0.1) is 5.82 Å². The Bertz CT molecular complexity index is 1270. The Labute approximate surface area is 187 Å². The lowest BCUT2D eigenvalue weighted by atomic mass is 10.1. The summed E-state index contributed by atoms with van der Waals surface area (Å²) in [5.74, 6) is -0.565. The quantitative estimate of drug-likeness (QED) is 0.626. The molecule has 32 heavy (non-hydrogen) atoms. The molecular weight excluding hydrogens is 459 g/mol. The zero-order valence-electron chi connectivity index (χ0n) is 16.6. The number of ether oxygens (including phenoxy) is 3. The number of hydrogen-bond acceptors (Lipinski definition) is 8. The molecule has 0 fully saturated rings. The van der Waals surface area contributed by atoms with Gasteiger partial charge in [-0.05, 0) is 35.7 Å². The zero-order chi connectivity index (χ0) is 22.3.